The second-order valence-electron chi connectivity index (χ2n) is 5.48. The highest BCUT2D eigenvalue weighted by atomic mass is 79.9. The Morgan fingerprint density at radius 3 is 2.47 bits per heavy atom. The highest BCUT2D eigenvalue weighted by Gasteiger charge is 2.41. The third-order valence-corrected chi connectivity index (χ3v) is 5.12. The van der Waals surface area contributed by atoms with Gasteiger partial charge < -0.3 is 5.32 Å². The highest BCUT2D eigenvalue weighted by molar-refractivity contribution is 9.10. The number of halogens is 1. The van der Waals surface area contributed by atoms with Crippen molar-refractivity contribution in [2.45, 2.75) is 33.6 Å². The Balaban J connectivity index is 2.26. The smallest absolute Gasteiger partial charge is 0.0766 e. The van der Waals surface area contributed by atoms with Crippen molar-refractivity contribution >= 4 is 15.9 Å². The molecule has 0 spiro atoms. The second-order valence-corrected chi connectivity index (χ2v) is 6.27. The van der Waals surface area contributed by atoms with Gasteiger partial charge in [-0.1, -0.05) is 20.8 Å². The zero-order valence-electron chi connectivity index (χ0n) is 11.2. The van der Waals surface area contributed by atoms with Crippen LogP contribution in [0.5, 0.6) is 0 Å². The number of hydrogen-bond acceptors (Lipinski definition) is 2. The first-order valence-electron chi connectivity index (χ1n) is 6.41. The molecule has 0 aromatic carbocycles. The molecule has 1 aromatic heterocycles. The van der Waals surface area contributed by atoms with Gasteiger partial charge in [-0.25, -0.2) is 0 Å². The molecule has 0 aliphatic carbocycles. The van der Waals surface area contributed by atoms with E-state index in [1.165, 1.54) is 15.9 Å². The Labute approximate surface area is 112 Å². The molecule has 0 amide bonds. The maximum atomic E-state index is 4.58. The van der Waals surface area contributed by atoms with Gasteiger partial charge in [0.2, 0.25) is 0 Å². The summed E-state index contributed by atoms with van der Waals surface area (Å²) in [7, 11) is 2.05. The summed E-state index contributed by atoms with van der Waals surface area (Å²) >= 11 is 3.71. The summed E-state index contributed by atoms with van der Waals surface area (Å²) in [5.74, 6) is 0.704. The van der Waals surface area contributed by atoms with Crippen molar-refractivity contribution in [2.24, 2.45) is 18.4 Å². The van der Waals surface area contributed by atoms with E-state index in [-0.39, 0.29) is 0 Å². The molecule has 0 unspecified atom stereocenters. The van der Waals surface area contributed by atoms with Crippen molar-refractivity contribution in [3.8, 4) is 0 Å². The third-order valence-electron chi connectivity index (χ3n) is 4.20. The molecule has 2 heterocycles. The first-order chi connectivity index (χ1) is 8.00. The highest BCUT2D eigenvalue weighted by Crippen LogP contribution is 2.37. The molecular formula is C13H22BrN3. The van der Waals surface area contributed by atoms with Crippen LogP contribution in [-0.4, -0.2) is 22.9 Å². The van der Waals surface area contributed by atoms with Gasteiger partial charge in [-0.3, -0.25) is 4.68 Å². The van der Waals surface area contributed by atoms with Crippen molar-refractivity contribution in [1.82, 2.24) is 15.1 Å². The van der Waals surface area contributed by atoms with Gasteiger partial charge in [-0.05, 0) is 34.7 Å². The number of nitrogens with zero attached hydrogens (tertiary/aromatic N) is 2. The van der Waals surface area contributed by atoms with Crippen LogP contribution in [0.3, 0.4) is 0 Å². The van der Waals surface area contributed by atoms with Crippen LogP contribution >= 0.6 is 15.9 Å². The lowest BCUT2D eigenvalue weighted by atomic mass is 9.69. The first-order valence-corrected chi connectivity index (χ1v) is 7.20. The molecule has 1 aliphatic heterocycles. The molecule has 2 rings (SSSR count). The van der Waals surface area contributed by atoms with Gasteiger partial charge in [0.25, 0.3) is 0 Å². The van der Waals surface area contributed by atoms with Crippen LogP contribution in [-0.2, 0) is 19.9 Å². The number of aromatic nitrogens is 2. The number of rotatable bonds is 4. The summed E-state index contributed by atoms with van der Waals surface area (Å²) < 4.78 is 3.26. The van der Waals surface area contributed by atoms with E-state index in [0.717, 1.165) is 25.9 Å². The van der Waals surface area contributed by atoms with Crippen LogP contribution in [0.25, 0.3) is 0 Å². The van der Waals surface area contributed by atoms with E-state index in [9.17, 15) is 0 Å². The van der Waals surface area contributed by atoms with Crippen molar-refractivity contribution in [3.63, 3.8) is 0 Å². The van der Waals surface area contributed by atoms with Gasteiger partial charge in [0.15, 0.2) is 0 Å². The zero-order chi connectivity index (χ0) is 12.6. The predicted octanol–water partition coefficient (Wildman–Crippen LogP) is 2.53. The lowest BCUT2D eigenvalue weighted by molar-refractivity contribution is 0.0966. The van der Waals surface area contributed by atoms with E-state index in [1.807, 2.05) is 4.68 Å². The Bertz CT molecular complexity index is 405. The molecule has 0 radical (unpaired) electrons. The maximum Gasteiger partial charge on any atom is 0.0766 e. The molecular weight excluding hydrogens is 278 g/mol. The van der Waals surface area contributed by atoms with Crippen LogP contribution in [0, 0.1) is 11.3 Å². The molecule has 1 N–H and O–H groups in total. The number of aryl methyl sites for hydroxylation is 2. The third kappa shape index (κ3) is 2.17. The molecule has 0 atom stereocenters. The zero-order valence-corrected chi connectivity index (χ0v) is 12.8. The molecule has 1 aliphatic rings. The normalized spacial score (nSPS) is 18.5. The largest absolute Gasteiger partial charge is 0.315 e. The van der Waals surface area contributed by atoms with Crippen LogP contribution in [0.2, 0.25) is 0 Å². The summed E-state index contributed by atoms with van der Waals surface area (Å²) in [6.45, 7) is 9.06. The van der Waals surface area contributed by atoms with Crippen LogP contribution in [0.1, 0.15) is 32.2 Å². The molecule has 4 heteroatoms. The van der Waals surface area contributed by atoms with Crippen molar-refractivity contribution < 1.29 is 0 Å². The Morgan fingerprint density at radius 1 is 1.47 bits per heavy atom. The lowest BCUT2D eigenvalue weighted by Gasteiger charge is -2.46. The quantitative estimate of drug-likeness (QED) is 0.926. The molecule has 1 saturated heterocycles. The molecule has 96 valence electrons. The van der Waals surface area contributed by atoms with E-state index >= 15 is 0 Å². The van der Waals surface area contributed by atoms with Gasteiger partial charge in [0, 0.05) is 25.6 Å². The van der Waals surface area contributed by atoms with Gasteiger partial charge in [0.05, 0.1) is 15.9 Å². The van der Waals surface area contributed by atoms with Gasteiger partial charge in [-0.15, -0.1) is 0 Å². The van der Waals surface area contributed by atoms with Crippen LogP contribution in [0.15, 0.2) is 4.47 Å². The summed E-state index contributed by atoms with van der Waals surface area (Å²) in [4.78, 5) is 0. The average molecular weight is 300 g/mol. The van der Waals surface area contributed by atoms with Crippen LogP contribution < -0.4 is 5.32 Å². The molecule has 1 aromatic rings. The Morgan fingerprint density at radius 2 is 2.12 bits per heavy atom. The van der Waals surface area contributed by atoms with E-state index in [4.69, 9.17) is 0 Å². The maximum absolute atomic E-state index is 4.58. The minimum Gasteiger partial charge on any atom is -0.315 e. The number of hydrogen-bond donors (Lipinski definition) is 1. The fraction of sp³-hybridized carbons (Fsp3) is 0.769. The first kappa shape index (κ1) is 13.1. The minimum absolute atomic E-state index is 0.418. The van der Waals surface area contributed by atoms with Gasteiger partial charge in [-0.2, -0.15) is 5.10 Å². The van der Waals surface area contributed by atoms with E-state index < -0.39 is 0 Å². The predicted molar refractivity (Wildman–Crippen MR) is 74.1 cm³/mol. The van der Waals surface area contributed by atoms with Crippen LogP contribution in [0.4, 0.5) is 0 Å². The standard InChI is InChI=1S/C13H22BrN3/c1-5-10-12(14)11(17(4)16-10)6-13(9(2)3)7-15-8-13/h9,15H,5-8H2,1-4H3. The summed E-state index contributed by atoms with van der Waals surface area (Å²) in [6, 6.07) is 0. The summed E-state index contributed by atoms with van der Waals surface area (Å²) in [6.07, 6.45) is 2.10. The topological polar surface area (TPSA) is 29.9 Å². The SMILES string of the molecule is CCc1nn(C)c(CC2(C(C)C)CNC2)c1Br. The van der Waals surface area contributed by atoms with E-state index in [0.29, 0.717) is 11.3 Å². The summed E-state index contributed by atoms with van der Waals surface area (Å²) in [5, 5.41) is 8.00. The van der Waals surface area contributed by atoms with Crippen molar-refractivity contribution in [2.75, 3.05) is 13.1 Å². The Kier molecular flexibility index (Phi) is 3.64. The monoisotopic (exact) mass is 299 g/mol. The fourth-order valence-corrected chi connectivity index (χ4v) is 3.29. The molecule has 0 saturated carbocycles. The summed E-state index contributed by atoms with van der Waals surface area (Å²) in [5.41, 5.74) is 2.94. The molecule has 0 bridgehead atoms. The van der Waals surface area contributed by atoms with E-state index in [2.05, 4.69) is 54.2 Å². The van der Waals surface area contributed by atoms with Crippen molar-refractivity contribution in [3.05, 3.63) is 15.9 Å². The number of nitrogens with one attached hydrogen (secondary N) is 1. The van der Waals surface area contributed by atoms with Gasteiger partial charge >= 0.3 is 0 Å². The minimum atomic E-state index is 0.418. The molecule has 1 fully saturated rings. The lowest BCUT2D eigenvalue weighted by Crippen LogP contribution is -2.57. The van der Waals surface area contributed by atoms with Crippen molar-refractivity contribution in [1.29, 1.82) is 0 Å². The fourth-order valence-electron chi connectivity index (χ4n) is 2.53. The molecule has 3 nitrogen and oxygen atoms in total. The van der Waals surface area contributed by atoms with E-state index in [1.54, 1.807) is 0 Å². The van der Waals surface area contributed by atoms with Gasteiger partial charge in [0.1, 0.15) is 0 Å². The molecule has 17 heavy (non-hydrogen) atoms. The Hall–Kier alpha value is -0.350. The average Bonchev–Trinajstić information content (AvgIpc) is 2.48. The second kappa shape index (κ2) is 4.73.